The highest BCUT2D eigenvalue weighted by molar-refractivity contribution is 5.87. The number of hydrogen-bond donors (Lipinski definition) is 2. The summed E-state index contributed by atoms with van der Waals surface area (Å²) in [5.41, 5.74) is 3.51. The van der Waals surface area contributed by atoms with Crippen LogP contribution in [0.2, 0.25) is 0 Å². The number of rotatable bonds is 5. The minimum Gasteiger partial charge on any atom is -0.492 e. The van der Waals surface area contributed by atoms with E-state index >= 15 is 0 Å². The van der Waals surface area contributed by atoms with Crippen LogP contribution in [-0.4, -0.2) is 45.7 Å². The van der Waals surface area contributed by atoms with Crippen LogP contribution >= 0.6 is 0 Å². The molecule has 0 unspecified atom stereocenters. The molecule has 32 heavy (non-hydrogen) atoms. The molecule has 2 N–H and O–H groups in total. The molecule has 0 aliphatic heterocycles. The molecule has 9 nitrogen and oxygen atoms in total. The SMILES string of the molecule is O=C(O)c1cnn(-c2nc(O)c3c(cnn3Cc3ccc(-c4ccc(F)cc4)cc3)n2)c1. The van der Waals surface area contributed by atoms with Crippen molar-refractivity contribution in [3.63, 3.8) is 0 Å². The Bertz CT molecular complexity index is 1440. The smallest absolute Gasteiger partial charge is 0.338 e. The van der Waals surface area contributed by atoms with E-state index < -0.39 is 5.97 Å². The van der Waals surface area contributed by atoms with Gasteiger partial charge in [0.1, 0.15) is 16.9 Å². The number of nitrogens with zero attached hydrogens (tertiary/aromatic N) is 6. The number of aromatic hydroxyl groups is 1. The van der Waals surface area contributed by atoms with Crippen molar-refractivity contribution in [3.05, 3.63) is 84.1 Å². The van der Waals surface area contributed by atoms with Crippen molar-refractivity contribution in [1.82, 2.24) is 29.5 Å². The van der Waals surface area contributed by atoms with Gasteiger partial charge in [-0.1, -0.05) is 36.4 Å². The van der Waals surface area contributed by atoms with E-state index in [-0.39, 0.29) is 23.2 Å². The zero-order chi connectivity index (χ0) is 22.2. The molecule has 10 heteroatoms. The van der Waals surface area contributed by atoms with Crippen molar-refractivity contribution < 1.29 is 19.4 Å². The molecule has 0 saturated carbocycles. The lowest BCUT2D eigenvalue weighted by Gasteiger charge is -2.07. The lowest BCUT2D eigenvalue weighted by molar-refractivity contribution is 0.0697. The van der Waals surface area contributed by atoms with Crippen LogP contribution in [0.3, 0.4) is 0 Å². The Hall–Kier alpha value is -4.60. The molecule has 0 fully saturated rings. The van der Waals surface area contributed by atoms with Gasteiger partial charge in [0.25, 0.3) is 5.95 Å². The third kappa shape index (κ3) is 3.54. The number of hydrogen-bond acceptors (Lipinski definition) is 6. The molecule has 0 bridgehead atoms. The summed E-state index contributed by atoms with van der Waals surface area (Å²) in [6, 6.07) is 14.0. The van der Waals surface area contributed by atoms with E-state index in [1.165, 1.54) is 35.4 Å². The lowest BCUT2D eigenvalue weighted by Crippen LogP contribution is -2.05. The van der Waals surface area contributed by atoms with E-state index in [0.717, 1.165) is 16.7 Å². The zero-order valence-corrected chi connectivity index (χ0v) is 16.4. The van der Waals surface area contributed by atoms with Crippen LogP contribution < -0.4 is 0 Å². The minimum atomic E-state index is -1.13. The molecule has 5 rings (SSSR count). The maximum Gasteiger partial charge on any atom is 0.338 e. The molecule has 0 atom stereocenters. The molecular weight excluding hydrogens is 415 g/mol. The van der Waals surface area contributed by atoms with Crippen LogP contribution in [0.1, 0.15) is 15.9 Å². The van der Waals surface area contributed by atoms with Crippen LogP contribution in [0.4, 0.5) is 4.39 Å². The van der Waals surface area contributed by atoms with E-state index in [0.29, 0.717) is 17.6 Å². The number of carboxylic acids is 1. The Morgan fingerprint density at radius 3 is 2.28 bits per heavy atom. The number of aromatic nitrogens is 6. The van der Waals surface area contributed by atoms with Crippen molar-refractivity contribution in [2.45, 2.75) is 6.54 Å². The Kier molecular flexibility index (Phi) is 4.59. The number of carbonyl (C=O) groups is 1. The van der Waals surface area contributed by atoms with Gasteiger partial charge in [-0.15, -0.1) is 0 Å². The van der Waals surface area contributed by atoms with Gasteiger partial charge in [0.2, 0.25) is 5.88 Å². The predicted octanol–water partition coefficient (Wildman–Crippen LogP) is 3.27. The van der Waals surface area contributed by atoms with Gasteiger partial charge in [-0.3, -0.25) is 4.68 Å². The van der Waals surface area contributed by atoms with E-state index in [2.05, 4.69) is 20.2 Å². The van der Waals surface area contributed by atoms with Crippen molar-refractivity contribution in [3.8, 4) is 23.0 Å². The standard InChI is InChI=1S/C22H15FN6O3/c23-17-7-5-15(6-8-17)14-3-1-13(2-4-14)11-28-19-18(10-25-28)26-22(27-20(19)30)29-12-16(9-24-29)21(31)32/h1-10,12H,11H2,(H,31,32)(H,26,27,30). The average molecular weight is 430 g/mol. The summed E-state index contributed by atoms with van der Waals surface area (Å²) in [5, 5.41) is 27.7. The molecule has 0 radical (unpaired) electrons. The summed E-state index contributed by atoms with van der Waals surface area (Å²) in [5.74, 6) is -1.67. The first-order valence-corrected chi connectivity index (χ1v) is 9.54. The Morgan fingerprint density at radius 2 is 1.62 bits per heavy atom. The van der Waals surface area contributed by atoms with Gasteiger partial charge < -0.3 is 10.2 Å². The molecule has 2 aromatic carbocycles. The van der Waals surface area contributed by atoms with Gasteiger partial charge in [-0.05, 0) is 28.8 Å². The van der Waals surface area contributed by atoms with Gasteiger partial charge in [-0.2, -0.15) is 15.2 Å². The van der Waals surface area contributed by atoms with Gasteiger partial charge in [-0.25, -0.2) is 18.9 Å². The van der Waals surface area contributed by atoms with Gasteiger partial charge in [0.05, 0.1) is 24.5 Å². The van der Waals surface area contributed by atoms with Gasteiger partial charge >= 0.3 is 5.97 Å². The van der Waals surface area contributed by atoms with Crippen LogP contribution in [0, 0.1) is 5.82 Å². The molecule has 3 heterocycles. The molecule has 3 aromatic heterocycles. The predicted molar refractivity (Wildman–Crippen MR) is 112 cm³/mol. The molecule has 0 spiro atoms. The highest BCUT2D eigenvalue weighted by Crippen LogP contribution is 2.24. The first-order valence-electron chi connectivity index (χ1n) is 9.54. The lowest BCUT2D eigenvalue weighted by atomic mass is 10.0. The fraction of sp³-hybridized carbons (Fsp3) is 0.0455. The highest BCUT2D eigenvalue weighted by Gasteiger charge is 2.16. The zero-order valence-electron chi connectivity index (χ0n) is 16.4. The first kappa shape index (κ1) is 19.4. The number of carboxylic acid groups (broad SMARTS) is 1. The minimum absolute atomic E-state index is 0.0204. The van der Waals surface area contributed by atoms with E-state index in [1.54, 1.807) is 16.8 Å². The fourth-order valence-corrected chi connectivity index (χ4v) is 3.35. The number of fused-ring (bicyclic) bond motifs is 1. The Morgan fingerprint density at radius 1 is 0.938 bits per heavy atom. The van der Waals surface area contributed by atoms with Crippen LogP contribution in [0.15, 0.2) is 67.1 Å². The van der Waals surface area contributed by atoms with Crippen LogP contribution in [-0.2, 0) is 6.54 Å². The molecule has 5 aromatic rings. The van der Waals surface area contributed by atoms with Crippen LogP contribution in [0.25, 0.3) is 28.1 Å². The second-order valence-corrected chi connectivity index (χ2v) is 7.07. The van der Waals surface area contributed by atoms with Crippen molar-refractivity contribution >= 4 is 17.0 Å². The number of aromatic carboxylic acids is 1. The molecule has 0 amide bonds. The van der Waals surface area contributed by atoms with E-state index in [4.69, 9.17) is 5.11 Å². The Balaban J connectivity index is 1.42. The quantitative estimate of drug-likeness (QED) is 0.439. The maximum absolute atomic E-state index is 13.1. The van der Waals surface area contributed by atoms with Crippen molar-refractivity contribution in [2.24, 2.45) is 0 Å². The fourth-order valence-electron chi connectivity index (χ4n) is 3.35. The highest BCUT2D eigenvalue weighted by atomic mass is 19.1. The molecule has 0 saturated heterocycles. The normalized spacial score (nSPS) is 11.2. The average Bonchev–Trinajstić information content (AvgIpc) is 3.43. The maximum atomic E-state index is 13.1. The summed E-state index contributed by atoms with van der Waals surface area (Å²) in [6.45, 7) is 0.369. The van der Waals surface area contributed by atoms with Crippen molar-refractivity contribution in [1.29, 1.82) is 0 Å². The number of halogens is 1. The summed E-state index contributed by atoms with van der Waals surface area (Å²) in [4.78, 5) is 19.4. The van der Waals surface area contributed by atoms with Crippen LogP contribution in [0.5, 0.6) is 5.88 Å². The monoisotopic (exact) mass is 430 g/mol. The first-order chi connectivity index (χ1) is 15.5. The largest absolute Gasteiger partial charge is 0.492 e. The summed E-state index contributed by atoms with van der Waals surface area (Å²) in [7, 11) is 0. The summed E-state index contributed by atoms with van der Waals surface area (Å²) < 4.78 is 15.9. The van der Waals surface area contributed by atoms with Crippen molar-refractivity contribution in [2.75, 3.05) is 0 Å². The molecule has 158 valence electrons. The summed E-state index contributed by atoms with van der Waals surface area (Å²) in [6.07, 6.45) is 3.93. The number of benzene rings is 2. The molecule has 0 aliphatic carbocycles. The summed E-state index contributed by atoms with van der Waals surface area (Å²) >= 11 is 0. The molecule has 0 aliphatic rings. The second-order valence-electron chi connectivity index (χ2n) is 7.07. The molecular formula is C22H15FN6O3. The van der Waals surface area contributed by atoms with E-state index in [9.17, 15) is 14.3 Å². The van der Waals surface area contributed by atoms with E-state index in [1.807, 2.05) is 24.3 Å². The second kappa shape index (κ2) is 7.58. The third-order valence-electron chi connectivity index (χ3n) is 4.96. The topological polar surface area (TPSA) is 119 Å². The Labute approximate surface area is 180 Å². The van der Waals surface area contributed by atoms with Gasteiger partial charge in [0.15, 0.2) is 0 Å². The van der Waals surface area contributed by atoms with Gasteiger partial charge in [0, 0.05) is 6.20 Å². The third-order valence-corrected chi connectivity index (χ3v) is 4.96.